The lowest BCUT2D eigenvalue weighted by atomic mass is 10.2. The van der Waals surface area contributed by atoms with Crippen molar-refractivity contribution in [2.24, 2.45) is 0 Å². The molecule has 0 aliphatic rings. The second kappa shape index (κ2) is 6.43. The van der Waals surface area contributed by atoms with Crippen LogP contribution >= 0.6 is 11.6 Å². The van der Waals surface area contributed by atoms with Gasteiger partial charge in [0.2, 0.25) is 5.91 Å². The average molecular weight is 227 g/mol. The van der Waals surface area contributed by atoms with E-state index in [2.05, 4.69) is 10.6 Å². The molecule has 4 heteroatoms. The van der Waals surface area contributed by atoms with Gasteiger partial charge < -0.3 is 10.6 Å². The smallest absolute Gasteiger partial charge is 0.224 e. The molecule has 0 aromatic heterocycles. The highest BCUT2D eigenvalue weighted by molar-refractivity contribution is 6.30. The second-order valence-corrected chi connectivity index (χ2v) is 3.70. The molecule has 0 spiro atoms. The molecule has 82 valence electrons. The standard InChI is InChI=1S/C11H15ClN2O/c1-13-7-3-6-11(15)14-10-5-2-4-9(12)8-10/h2,4-5,8,13H,3,6-7H2,1H3,(H,14,15). The molecule has 0 aliphatic heterocycles. The fourth-order valence-corrected chi connectivity index (χ4v) is 1.41. The van der Waals surface area contributed by atoms with Gasteiger partial charge in [-0.15, -0.1) is 0 Å². The largest absolute Gasteiger partial charge is 0.326 e. The van der Waals surface area contributed by atoms with E-state index < -0.39 is 0 Å². The number of amides is 1. The van der Waals surface area contributed by atoms with E-state index in [0.29, 0.717) is 11.4 Å². The van der Waals surface area contributed by atoms with Crippen molar-refractivity contribution in [3.8, 4) is 0 Å². The summed E-state index contributed by atoms with van der Waals surface area (Å²) < 4.78 is 0. The van der Waals surface area contributed by atoms with Gasteiger partial charge in [-0.05, 0) is 38.2 Å². The van der Waals surface area contributed by atoms with Gasteiger partial charge in [0.1, 0.15) is 0 Å². The molecule has 0 saturated carbocycles. The maximum Gasteiger partial charge on any atom is 0.224 e. The van der Waals surface area contributed by atoms with Crippen LogP contribution in [0.15, 0.2) is 24.3 Å². The highest BCUT2D eigenvalue weighted by Crippen LogP contribution is 2.14. The normalized spacial score (nSPS) is 10.0. The number of anilines is 1. The zero-order valence-electron chi connectivity index (χ0n) is 8.72. The van der Waals surface area contributed by atoms with E-state index >= 15 is 0 Å². The molecule has 0 heterocycles. The van der Waals surface area contributed by atoms with E-state index in [-0.39, 0.29) is 5.91 Å². The molecule has 0 aliphatic carbocycles. The first-order valence-electron chi connectivity index (χ1n) is 4.92. The van der Waals surface area contributed by atoms with E-state index in [1.54, 1.807) is 12.1 Å². The SMILES string of the molecule is CNCCCC(=O)Nc1cccc(Cl)c1. The van der Waals surface area contributed by atoms with Gasteiger partial charge in [0, 0.05) is 17.1 Å². The van der Waals surface area contributed by atoms with E-state index in [1.165, 1.54) is 0 Å². The summed E-state index contributed by atoms with van der Waals surface area (Å²) in [7, 11) is 1.87. The van der Waals surface area contributed by atoms with Crippen molar-refractivity contribution in [2.45, 2.75) is 12.8 Å². The Morgan fingerprint density at radius 3 is 2.93 bits per heavy atom. The van der Waals surface area contributed by atoms with Crippen LogP contribution in [0.3, 0.4) is 0 Å². The molecule has 0 bridgehead atoms. The number of carbonyl (C=O) groups is 1. The van der Waals surface area contributed by atoms with Crippen LogP contribution < -0.4 is 10.6 Å². The molecule has 1 rings (SSSR count). The van der Waals surface area contributed by atoms with E-state index in [1.807, 2.05) is 19.2 Å². The van der Waals surface area contributed by atoms with Gasteiger partial charge in [0.15, 0.2) is 0 Å². The minimum absolute atomic E-state index is 0.0208. The van der Waals surface area contributed by atoms with Gasteiger partial charge >= 0.3 is 0 Å². The number of rotatable bonds is 5. The second-order valence-electron chi connectivity index (χ2n) is 3.27. The summed E-state index contributed by atoms with van der Waals surface area (Å²) in [4.78, 5) is 11.4. The van der Waals surface area contributed by atoms with Gasteiger partial charge in [-0.25, -0.2) is 0 Å². The third-order valence-electron chi connectivity index (χ3n) is 1.94. The van der Waals surface area contributed by atoms with Crippen molar-refractivity contribution in [3.63, 3.8) is 0 Å². The fraction of sp³-hybridized carbons (Fsp3) is 0.364. The van der Waals surface area contributed by atoms with Crippen LogP contribution in [0.25, 0.3) is 0 Å². The van der Waals surface area contributed by atoms with E-state index in [9.17, 15) is 4.79 Å². The Morgan fingerprint density at radius 2 is 2.27 bits per heavy atom. The van der Waals surface area contributed by atoms with E-state index in [0.717, 1.165) is 18.7 Å². The summed E-state index contributed by atoms with van der Waals surface area (Å²) in [6.07, 6.45) is 1.36. The first kappa shape index (κ1) is 12.0. The Bertz CT molecular complexity index is 328. The summed E-state index contributed by atoms with van der Waals surface area (Å²) in [5.41, 5.74) is 0.747. The van der Waals surface area contributed by atoms with Crippen molar-refractivity contribution in [1.29, 1.82) is 0 Å². The lowest BCUT2D eigenvalue weighted by Crippen LogP contribution is -2.15. The van der Waals surface area contributed by atoms with Crippen LogP contribution in [0.2, 0.25) is 5.02 Å². The van der Waals surface area contributed by atoms with Crippen LogP contribution in [-0.2, 0) is 4.79 Å². The van der Waals surface area contributed by atoms with Crippen molar-refractivity contribution in [3.05, 3.63) is 29.3 Å². The Hall–Kier alpha value is -1.06. The lowest BCUT2D eigenvalue weighted by molar-refractivity contribution is -0.116. The highest BCUT2D eigenvalue weighted by atomic mass is 35.5. The Balaban J connectivity index is 2.37. The first-order valence-corrected chi connectivity index (χ1v) is 5.30. The number of nitrogens with one attached hydrogen (secondary N) is 2. The van der Waals surface area contributed by atoms with Gasteiger partial charge in [-0.3, -0.25) is 4.79 Å². The Labute approximate surface area is 94.8 Å². The van der Waals surface area contributed by atoms with Crippen LogP contribution in [0.1, 0.15) is 12.8 Å². The molecule has 0 saturated heterocycles. The summed E-state index contributed by atoms with van der Waals surface area (Å²) in [6.45, 7) is 0.850. The van der Waals surface area contributed by atoms with Crippen molar-refractivity contribution < 1.29 is 4.79 Å². The van der Waals surface area contributed by atoms with E-state index in [4.69, 9.17) is 11.6 Å². The zero-order valence-corrected chi connectivity index (χ0v) is 9.47. The first-order chi connectivity index (χ1) is 7.22. The molecule has 0 unspecified atom stereocenters. The highest BCUT2D eigenvalue weighted by Gasteiger charge is 2.01. The minimum Gasteiger partial charge on any atom is -0.326 e. The predicted molar refractivity (Wildman–Crippen MR) is 63.2 cm³/mol. The van der Waals surface area contributed by atoms with Crippen LogP contribution in [-0.4, -0.2) is 19.5 Å². The van der Waals surface area contributed by atoms with Crippen LogP contribution in [0.4, 0.5) is 5.69 Å². The number of benzene rings is 1. The number of halogens is 1. The maximum absolute atomic E-state index is 11.4. The van der Waals surface area contributed by atoms with Gasteiger partial charge in [0.05, 0.1) is 0 Å². The molecule has 0 radical (unpaired) electrons. The molecule has 1 aromatic carbocycles. The van der Waals surface area contributed by atoms with Crippen LogP contribution in [0.5, 0.6) is 0 Å². The molecule has 0 atom stereocenters. The van der Waals surface area contributed by atoms with Gasteiger partial charge in [-0.2, -0.15) is 0 Å². The molecule has 15 heavy (non-hydrogen) atoms. The lowest BCUT2D eigenvalue weighted by Gasteiger charge is -2.05. The molecule has 0 fully saturated rings. The summed E-state index contributed by atoms with van der Waals surface area (Å²) in [5.74, 6) is 0.0208. The monoisotopic (exact) mass is 226 g/mol. The number of carbonyl (C=O) groups excluding carboxylic acids is 1. The molecule has 2 N–H and O–H groups in total. The van der Waals surface area contributed by atoms with Gasteiger partial charge in [-0.1, -0.05) is 17.7 Å². The Kier molecular flexibility index (Phi) is 5.15. The minimum atomic E-state index is 0.0208. The molecule has 3 nitrogen and oxygen atoms in total. The third kappa shape index (κ3) is 4.81. The van der Waals surface area contributed by atoms with Crippen LogP contribution in [0, 0.1) is 0 Å². The van der Waals surface area contributed by atoms with Crippen molar-refractivity contribution >= 4 is 23.2 Å². The predicted octanol–water partition coefficient (Wildman–Crippen LogP) is 2.28. The molecular weight excluding hydrogens is 212 g/mol. The summed E-state index contributed by atoms with van der Waals surface area (Å²) >= 11 is 5.79. The summed E-state index contributed by atoms with van der Waals surface area (Å²) in [5, 5.41) is 6.41. The molecule has 1 amide bonds. The van der Waals surface area contributed by atoms with Crippen molar-refractivity contribution in [2.75, 3.05) is 18.9 Å². The third-order valence-corrected chi connectivity index (χ3v) is 2.17. The Morgan fingerprint density at radius 1 is 1.47 bits per heavy atom. The molecule has 1 aromatic rings. The molecular formula is C11H15ClN2O. The van der Waals surface area contributed by atoms with Gasteiger partial charge in [0.25, 0.3) is 0 Å². The number of hydrogen-bond acceptors (Lipinski definition) is 2. The fourth-order valence-electron chi connectivity index (χ4n) is 1.22. The van der Waals surface area contributed by atoms with Crippen molar-refractivity contribution in [1.82, 2.24) is 5.32 Å². The summed E-state index contributed by atoms with van der Waals surface area (Å²) in [6, 6.07) is 7.14. The zero-order chi connectivity index (χ0) is 11.1. The topological polar surface area (TPSA) is 41.1 Å². The maximum atomic E-state index is 11.4. The quantitative estimate of drug-likeness (QED) is 0.757. The average Bonchev–Trinajstić information content (AvgIpc) is 2.18. The number of hydrogen-bond donors (Lipinski definition) is 2.